The summed E-state index contributed by atoms with van der Waals surface area (Å²) in [7, 11) is 1.53. The zero-order valence-corrected chi connectivity index (χ0v) is 9.84. The summed E-state index contributed by atoms with van der Waals surface area (Å²) in [5.41, 5.74) is 6.99. The average Bonchev–Trinajstić information content (AvgIpc) is 2.81. The van der Waals surface area contributed by atoms with Gasteiger partial charge in [0.25, 0.3) is 0 Å². The first-order valence-electron chi connectivity index (χ1n) is 5.01. The van der Waals surface area contributed by atoms with Crippen LogP contribution < -0.4 is 10.9 Å². The molecule has 0 radical (unpaired) electrons. The normalized spacial score (nSPS) is 24.6. The highest BCUT2D eigenvalue weighted by molar-refractivity contribution is 8.01. The summed E-state index contributed by atoms with van der Waals surface area (Å²) in [6.07, 6.45) is 0. The maximum Gasteiger partial charge on any atom is 0.194 e. The molecule has 1 saturated heterocycles. The molecular weight excluding hydrogens is 224 g/mol. The first-order chi connectivity index (χ1) is 7.79. The summed E-state index contributed by atoms with van der Waals surface area (Å²) >= 11 is 1.54. The van der Waals surface area contributed by atoms with Crippen molar-refractivity contribution in [3.8, 4) is 0 Å². The van der Waals surface area contributed by atoms with Crippen LogP contribution >= 0.6 is 11.8 Å². The molecule has 1 atom stereocenters. The van der Waals surface area contributed by atoms with E-state index in [2.05, 4.69) is 10.9 Å². The van der Waals surface area contributed by atoms with E-state index in [9.17, 15) is 4.79 Å². The van der Waals surface area contributed by atoms with Crippen molar-refractivity contribution in [3.05, 3.63) is 35.9 Å². The summed E-state index contributed by atoms with van der Waals surface area (Å²) in [5.74, 6) is 0.723. The lowest BCUT2D eigenvalue weighted by Crippen LogP contribution is -2.47. The lowest BCUT2D eigenvalue weighted by molar-refractivity contribution is -0.126. The largest absolute Gasteiger partial charge is 0.377 e. The van der Waals surface area contributed by atoms with Gasteiger partial charge in [0.2, 0.25) is 0 Å². The van der Waals surface area contributed by atoms with Gasteiger partial charge >= 0.3 is 0 Å². The summed E-state index contributed by atoms with van der Waals surface area (Å²) in [5, 5.41) is 0. The Labute approximate surface area is 98.7 Å². The van der Waals surface area contributed by atoms with Crippen LogP contribution in [0.4, 0.5) is 0 Å². The van der Waals surface area contributed by atoms with Gasteiger partial charge in [-0.15, -0.1) is 11.8 Å². The number of ketones is 1. The van der Waals surface area contributed by atoms with Crippen LogP contribution in [-0.2, 0) is 14.4 Å². The van der Waals surface area contributed by atoms with E-state index < -0.39 is 4.87 Å². The van der Waals surface area contributed by atoms with Crippen molar-refractivity contribution in [2.75, 3.05) is 19.6 Å². The Balaban J connectivity index is 2.32. The van der Waals surface area contributed by atoms with Gasteiger partial charge in [0.1, 0.15) is 6.61 Å². The molecule has 5 heteroatoms. The smallest absolute Gasteiger partial charge is 0.194 e. The van der Waals surface area contributed by atoms with Gasteiger partial charge in [0.05, 0.1) is 5.88 Å². The third-order valence-corrected chi connectivity index (χ3v) is 3.76. The highest BCUT2D eigenvalue weighted by Crippen LogP contribution is 2.36. The van der Waals surface area contributed by atoms with Gasteiger partial charge in [-0.25, -0.2) is 10.9 Å². The van der Waals surface area contributed by atoms with Crippen LogP contribution in [0.2, 0.25) is 0 Å². The topological polar surface area (TPSA) is 50.4 Å². The van der Waals surface area contributed by atoms with Gasteiger partial charge in [-0.3, -0.25) is 4.79 Å². The van der Waals surface area contributed by atoms with E-state index in [4.69, 9.17) is 4.74 Å². The number of nitrogens with one attached hydrogen (secondary N) is 2. The highest BCUT2D eigenvalue weighted by Gasteiger charge is 2.43. The van der Waals surface area contributed by atoms with Gasteiger partial charge in [0.15, 0.2) is 10.7 Å². The zero-order chi connectivity index (χ0) is 11.4. The molecule has 1 aliphatic heterocycles. The van der Waals surface area contributed by atoms with E-state index in [0.29, 0.717) is 5.88 Å². The molecule has 4 nitrogen and oxygen atoms in total. The number of Topliss-reactive ketones (excluding diaryl/α,β-unsaturated/α-hetero) is 1. The number of ether oxygens (including phenoxy) is 1. The Hall–Kier alpha value is -0.880. The van der Waals surface area contributed by atoms with E-state index in [-0.39, 0.29) is 12.4 Å². The summed E-state index contributed by atoms with van der Waals surface area (Å²) in [6.45, 7) is 0.108. The van der Waals surface area contributed by atoms with Crippen molar-refractivity contribution in [2.24, 2.45) is 0 Å². The Bertz CT molecular complexity index is 364. The predicted octanol–water partition coefficient (Wildman–Crippen LogP) is 0.853. The molecule has 0 aliphatic carbocycles. The second-order valence-corrected chi connectivity index (χ2v) is 4.68. The molecule has 2 N–H and O–H groups in total. The molecule has 2 rings (SSSR count). The van der Waals surface area contributed by atoms with Crippen LogP contribution in [-0.4, -0.2) is 25.4 Å². The second kappa shape index (κ2) is 4.97. The van der Waals surface area contributed by atoms with Crippen molar-refractivity contribution in [3.63, 3.8) is 0 Å². The van der Waals surface area contributed by atoms with Gasteiger partial charge in [-0.2, -0.15) is 0 Å². The number of rotatable bonds is 4. The van der Waals surface area contributed by atoms with Crippen LogP contribution in [0.15, 0.2) is 30.3 Å². The molecule has 86 valence electrons. The first-order valence-corrected chi connectivity index (χ1v) is 6.00. The maximum absolute atomic E-state index is 12.1. The lowest BCUT2D eigenvalue weighted by atomic mass is 10.0. The number of hydrogen-bond acceptors (Lipinski definition) is 5. The molecule has 0 amide bonds. The van der Waals surface area contributed by atoms with Crippen LogP contribution in [0, 0.1) is 0 Å². The Morgan fingerprint density at radius 3 is 2.81 bits per heavy atom. The number of carbonyl (C=O) groups excluding carboxylic acids is 1. The molecule has 16 heavy (non-hydrogen) atoms. The van der Waals surface area contributed by atoms with Crippen molar-refractivity contribution < 1.29 is 9.53 Å². The minimum absolute atomic E-state index is 0.0243. The highest BCUT2D eigenvalue weighted by atomic mass is 32.2. The van der Waals surface area contributed by atoms with Gasteiger partial charge in [-0.05, 0) is 5.56 Å². The second-order valence-electron chi connectivity index (χ2n) is 3.49. The minimum Gasteiger partial charge on any atom is -0.377 e. The lowest BCUT2D eigenvalue weighted by Gasteiger charge is -2.26. The van der Waals surface area contributed by atoms with Gasteiger partial charge in [0, 0.05) is 7.11 Å². The predicted molar refractivity (Wildman–Crippen MR) is 63.7 cm³/mol. The molecule has 1 fully saturated rings. The number of methoxy groups -OCH3 is 1. The van der Waals surface area contributed by atoms with Crippen molar-refractivity contribution in [1.29, 1.82) is 0 Å². The zero-order valence-electron chi connectivity index (χ0n) is 9.03. The van der Waals surface area contributed by atoms with E-state index in [1.54, 1.807) is 0 Å². The summed E-state index contributed by atoms with van der Waals surface area (Å²) in [6, 6.07) is 9.68. The number of hydrogen-bond donors (Lipinski definition) is 2. The quantitative estimate of drug-likeness (QED) is 0.814. The molecule has 1 unspecified atom stereocenters. The number of hydrazine groups is 1. The Kier molecular flexibility index (Phi) is 3.60. The summed E-state index contributed by atoms with van der Waals surface area (Å²) in [4.78, 5) is 11.4. The molecule has 1 aromatic carbocycles. The molecule has 1 aliphatic rings. The molecular formula is C11H14N2O2S. The Morgan fingerprint density at radius 2 is 2.25 bits per heavy atom. The molecule has 0 spiro atoms. The van der Waals surface area contributed by atoms with E-state index in [0.717, 1.165) is 5.56 Å². The van der Waals surface area contributed by atoms with E-state index in [1.807, 2.05) is 30.3 Å². The van der Waals surface area contributed by atoms with Crippen molar-refractivity contribution in [2.45, 2.75) is 4.87 Å². The fourth-order valence-corrected chi connectivity index (χ4v) is 2.74. The molecule has 0 aromatic heterocycles. The number of carbonyl (C=O) groups is 1. The summed E-state index contributed by atoms with van der Waals surface area (Å²) < 4.78 is 4.93. The SMILES string of the molecule is COCC(=O)C1(c2ccccc2)NNCS1. The molecule has 0 bridgehead atoms. The van der Waals surface area contributed by atoms with E-state index >= 15 is 0 Å². The van der Waals surface area contributed by atoms with Crippen LogP contribution in [0.1, 0.15) is 5.56 Å². The molecule has 1 aromatic rings. The van der Waals surface area contributed by atoms with Gasteiger partial charge < -0.3 is 4.74 Å². The van der Waals surface area contributed by atoms with Crippen molar-refractivity contribution in [1.82, 2.24) is 10.9 Å². The van der Waals surface area contributed by atoms with Crippen LogP contribution in [0.25, 0.3) is 0 Å². The fourth-order valence-electron chi connectivity index (χ4n) is 1.71. The maximum atomic E-state index is 12.1. The van der Waals surface area contributed by atoms with Crippen LogP contribution in [0.3, 0.4) is 0 Å². The standard InChI is InChI=1S/C11H14N2O2S/c1-15-7-10(14)11(13-12-8-16-11)9-5-3-2-4-6-9/h2-6,12-13H,7-8H2,1H3. The third-order valence-electron chi connectivity index (χ3n) is 2.47. The third kappa shape index (κ3) is 1.99. The van der Waals surface area contributed by atoms with Gasteiger partial charge in [-0.1, -0.05) is 30.3 Å². The fraction of sp³-hybridized carbons (Fsp3) is 0.364. The number of benzene rings is 1. The first kappa shape index (κ1) is 11.6. The average molecular weight is 238 g/mol. The van der Waals surface area contributed by atoms with Crippen LogP contribution in [0.5, 0.6) is 0 Å². The Morgan fingerprint density at radius 1 is 1.50 bits per heavy atom. The minimum atomic E-state index is -0.711. The monoisotopic (exact) mass is 238 g/mol. The molecule has 0 saturated carbocycles. The number of thioether (sulfide) groups is 1. The van der Waals surface area contributed by atoms with Crippen molar-refractivity contribution >= 4 is 17.5 Å². The molecule has 1 heterocycles. The van der Waals surface area contributed by atoms with E-state index in [1.165, 1.54) is 18.9 Å².